The Labute approximate surface area is 192 Å². The van der Waals surface area contributed by atoms with Gasteiger partial charge in [0.1, 0.15) is 6.04 Å². The summed E-state index contributed by atoms with van der Waals surface area (Å²) in [6.07, 6.45) is -4.79. The van der Waals surface area contributed by atoms with Gasteiger partial charge in [0.05, 0.1) is 10.4 Å². The van der Waals surface area contributed by atoms with Crippen molar-refractivity contribution in [1.29, 1.82) is 0 Å². The molecule has 1 aromatic heterocycles. The fourth-order valence-corrected chi connectivity index (χ4v) is 4.21. The van der Waals surface area contributed by atoms with Crippen molar-refractivity contribution in [3.05, 3.63) is 48.3 Å². The van der Waals surface area contributed by atoms with Gasteiger partial charge in [-0.25, -0.2) is 4.79 Å². The van der Waals surface area contributed by atoms with Gasteiger partial charge in [0.25, 0.3) is 0 Å². The fourth-order valence-electron chi connectivity index (χ4n) is 3.24. The van der Waals surface area contributed by atoms with Gasteiger partial charge < -0.3 is 10.4 Å². The number of aromatic nitrogens is 3. The molecule has 0 aliphatic rings. The highest BCUT2D eigenvalue weighted by Crippen LogP contribution is 2.39. The van der Waals surface area contributed by atoms with E-state index in [1.165, 1.54) is 19.9 Å². The molecule has 1 heterocycles. The zero-order valence-corrected chi connectivity index (χ0v) is 19.2. The molecule has 0 aliphatic heterocycles. The molecule has 176 valence electrons. The van der Waals surface area contributed by atoms with Crippen LogP contribution in [-0.4, -0.2) is 42.5 Å². The van der Waals surface area contributed by atoms with Gasteiger partial charge in [-0.2, -0.15) is 13.2 Å². The third kappa shape index (κ3) is 5.13. The van der Waals surface area contributed by atoms with Crippen molar-refractivity contribution in [2.24, 2.45) is 5.92 Å². The first-order valence-electron chi connectivity index (χ1n) is 10.1. The largest absolute Gasteiger partial charge is 0.480 e. The number of nitrogens with zero attached hydrogens (tertiary/aromatic N) is 3. The smallest absolute Gasteiger partial charge is 0.452 e. The number of carboxylic acids is 1. The van der Waals surface area contributed by atoms with E-state index in [0.717, 1.165) is 21.7 Å². The summed E-state index contributed by atoms with van der Waals surface area (Å²) in [4.78, 5) is 24.3. The van der Waals surface area contributed by atoms with Gasteiger partial charge in [0.2, 0.25) is 11.7 Å². The van der Waals surface area contributed by atoms with Crippen LogP contribution in [-0.2, 0) is 15.8 Å². The number of thioether (sulfide) groups is 1. The highest BCUT2D eigenvalue weighted by Gasteiger charge is 2.41. The van der Waals surface area contributed by atoms with Crippen LogP contribution in [0.4, 0.5) is 13.2 Å². The van der Waals surface area contributed by atoms with E-state index in [1.807, 2.05) is 0 Å². The lowest BCUT2D eigenvalue weighted by atomic mass is 10.0. The Kier molecular flexibility index (Phi) is 6.73. The van der Waals surface area contributed by atoms with Gasteiger partial charge in [-0.3, -0.25) is 9.36 Å². The molecule has 33 heavy (non-hydrogen) atoms. The summed E-state index contributed by atoms with van der Waals surface area (Å²) in [5, 5.41) is 20.1. The highest BCUT2D eigenvalue weighted by atomic mass is 32.2. The van der Waals surface area contributed by atoms with E-state index in [-0.39, 0.29) is 16.8 Å². The van der Waals surface area contributed by atoms with Crippen molar-refractivity contribution in [2.75, 3.05) is 0 Å². The average Bonchev–Trinajstić information content (AvgIpc) is 3.13. The van der Waals surface area contributed by atoms with E-state index in [4.69, 9.17) is 0 Å². The first-order valence-corrected chi connectivity index (χ1v) is 10.9. The Balaban J connectivity index is 2.07. The maximum absolute atomic E-state index is 13.8. The number of benzene rings is 2. The minimum Gasteiger partial charge on any atom is -0.480 e. The fraction of sp³-hybridized carbons (Fsp3) is 0.364. The molecular weight excluding hydrogens is 457 g/mol. The molecule has 2 N–H and O–H groups in total. The van der Waals surface area contributed by atoms with E-state index in [2.05, 4.69) is 15.5 Å². The minimum absolute atomic E-state index is 0.143. The summed E-state index contributed by atoms with van der Waals surface area (Å²) in [6, 6.07) is 10.8. The molecule has 0 saturated carbocycles. The van der Waals surface area contributed by atoms with Crippen LogP contribution in [0, 0.1) is 5.92 Å². The molecule has 0 fully saturated rings. The summed E-state index contributed by atoms with van der Waals surface area (Å²) in [7, 11) is 0. The highest BCUT2D eigenvalue weighted by molar-refractivity contribution is 8.01. The van der Waals surface area contributed by atoms with E-state index in [1.54, 1.807) is 50.2 Å². The van der Waals surface area contributed by atoms with Gasteiger partial charge in [0.15, 0.2) is 5.16 Å². The van der Waals surface area contributed by atoms with Crippen molar-refractivity contribution in [3.8, 4) is 5.69 Å². The molecule has 3 aromatic rings. The molecule has 0 bridgehead atoms. The number of hydrogen-bond acceptors (Lipinski definition) is 5. The maximum atomic E-state index is 13.8. The second kappa shape index (κ2) is 9.05. The lowest BCUT2D eigenvalue weighted by Gasteiger charge is -2.26. The maximum Gasteiger partial charge on any atom is 0.452 e. The Bertz CT molecular complexity index is 1190. The van der Waals surface area contributed by atoms with E-state index >= 15 is 0 Å². The molecule has 0 spiro atoms. The van der Waals surface area contributed by atoms with Gasteiger partial charge >= 0.3 is 12.1 Å². The third-order valence-corrected chi connectivity index (χ3v) is 6.15. The molecule has 0 radical (unpaired) electrons. The van der Waals surface area contributed by atoms with E-state index in [0.29, 0.717) is 5.39 Å². The number of amides is 1. The second-order valence-corrected chi connectivity index (χ2v) is 9.87. The van der Waals surface area contributed by atoms with E-state index in [9.17, 15) is 27.9 Å². The quantitative estimate of drug-likeness (QED) is 0.482. The van der Waals surface area contributed by atoms with Crippen LogP contribution in [0.3, 0.4) is 0 Å². The Morgan fingerprint density at radius 1 is 1.06 bits per heavy atom. The predicted molar refractivity (Wildman–Crippen MR) is 118 cm³/mol. The second-order valence-electron chi connectivity index (χ2n) is 8.28. The normalized spacial score (nSPS) is 13.3. The van der Waals surface area contributed by atoms with Crippen LogP contribution >= 0.6 is 11.8 Å². The molecule has 7 nitrogen and oxygen atoms in total. The molecule has 1 unspecified atom stereocenters. The monoisotopic (exact) mass is 480 g/mol. The first kappa shape index (κ1) is 24.6. The Morgan fingerprint density at radius 2 is 1.70 bits per heavy atom. The van der Waals surface area contributed by atoms with Gasteiger partial charge in [-0.1, -0.05) is 62.0 Å². The number of hydrogen-bond donors (Lipinski definition) is 2. The Hall–Kier alpha value is -3.08. The van der Waals surface area contributed by atoms with Gasteiger partial charge in [0, 0.05) is 5.39 Å². The molecule has 11 heteroatoms. The van der Waals surface area contributed by atoms with E-state index < -0.39 is 34.7 Å². The van der Waals surface area contributed by atoms with Crippen LogP contribution in [0.1, 0.15) is 33.5 Å². The van der Waals surface area contributed by atoms with Crippen LogP contribution in [0.2, 0.25) is 0 Å². The number of carbonyl (C=O) groups is 2. The number of fused-ring (bicyclic) bond motifs is 1. The van der Waals surface area contributed by atoms with Gasteiger partial charge in [-0.05, 0) is 31.2 Å². The number of nitrogens with one attached hydrogen (secondary N) is 1. The summed E-state index contributed by atoms with van der Waals surface area (Å²) < 4.78 is 41.0. The van der Waals surface area contributed by atoms with Crippen LogP contribution < -0.4 is 5.32 Å². The van der Waals surface area contributed by atoms with Crippen molar-refractivity contribution in [1.82, 2.24) is 20.1 Å². The summed E-state index contributed by atoms with van der Waals surface area (Å²) >= 11 is 0.771. The molecular formula is C22H23F3N4O3S. The van der Waals surface area contributed by atoms with Crippen LogP contribution in [0.15, 0.2) is 47.6 Å². The average molecular weight is 481 g/mol. The molecule has 0 saturated heterocycles. The number of alkyl halides is 3. The summed E-state index contributed by atoms with van der Waals surface area (Å²) in [6.45, 7) is 6.27. The lowest BCUT2D eigenvalue weighted by molar-refractivity contribution is -0.146. The van der Waals surface area contributed by atoms with Crippen molar-refractivity contribution in [3.63, 3.8) is 0 Å². The van der Waals surface area contributed by atoms with Crippen molar-refractivity contribution in [2.45, 2.75) is 49.8 Å². The minimum atomic E-state index is -4.79. The molecule has 2 aromatic carbocycles. The zero-order chi connectivity index (χ0) is 24.6. The Morgan fingerprint density at radius 3 is 2.30 bits per heavy atom. The topological polar surface area (TPSA) is 97.1 Å². The standard InChI is InChI=1S/C22H23F3N4O3S/c1-12(2)16(17(30)31)26-19(32)21(3,4)33-20-28-27-18(22(23,24)25)29(20)15-11-7-9-13-8-5-6-10-14(13)15/h5-12,16H,1-4H3,(H,26,32)(H,30,31). The zero-order valence-electron chi connectivity index (χ0n) is 18.3. The number of halogens is 3. The van der Waals surface area contributed by atoms with Crippen LogP contribution in [0.25, 0.3) is 16.5 Å². The van der Waals surface area contributed by atoms with Gasteiger partial charge in [-0.15, -0.1) is 10.2 Å². The first-order chi connectivity index (χ1) is 15.3. The summed E-state index contributed by atoms with van der Waals surface area (Å²) in [5.74, 6) is -3.45. The lowest BCUT2D eigenvalue weighted by Crippen LogP contribution is -2.50. The molecule has 3 rings (SSSR count). The summed E-state index contributed by atoms with van der Waals surface area (Å²) in [5.41, 5.74) is 0.217. The molecule has 1 amide bonds. The third-order valence-electron chi connectivity index (χ3n) is 5.01. The number of aliphatic carboxylic acids is 1. The number of rotatable bonds is 7. The molecule has 1 atom stereocenters. The predicted octanol–water partition coefficient (Wildman–Crippen LogP) is 4.54. The number of carboxylic acid groups (broad SMARTS) is 1. The SMILES string of the molecule is CC(C)C(NC(=O)C(C)(C)Sc1nnc(C(F)(F)F)n1-c1cccc2ccccc12)C(=O)O. The van der Waals surface area contributed by atoms with Crippen molar-refractivity contribution >= 4 is 34.4 Å². The number of carbonyl (C=O) groups excluding carboxylic acids is 1. The van der Waals surface area contributed by atoms with Crippen LogP contribution in [0.5, 0.6) is 0 Å². The van der Waals surface area contributed by atoms with Crippen molar-refractivity contribution < 1.29 is 27.9 Å². The molecule has 0 aliphatic carbocycles.